The standard InChI is InChI=1S/C25H36N4O/c1-25(2,3)24(30)26-19-23(20-11-13-21(14-12-20)27(4)5)29-17-15-28(16-18-29)22-9-7-6-8-10-22/h6-14,23H,15-19H2,1-5H3,(H,26,30)/p+1/t23-/m1/s1. The fraction of sp³-hybridized carbons (Fsp3) is 0.480. The monoisotopic (exact) mass is 409 g/mol. The van der Waals surface area contributed by atoms with Crippen molar-refractivity contribution in [3.63, 3.8) is 0 Å². The van der Waals surface area contributed by atoms with Crippen LogP contribution in [0.3, 0.4) is 0 Å². The molecule has 1 atom stereocenters. The van der Waals surface area contributed by atoms with Crippen molar-refractivity contribution >= 4 is 17.3 Å². The number of para-hydroxylation sites is 1. The summed E-state index contributed by atoms with van der Waals surface area (Å²) in [5.41, 5.74) is 3.41. The van der Waals surface area contributed by atoms with E-state index < -0.39 is 0 Å². The van der Waals surface area contributed by atoms with Crippen LogP contribution in [-0.2, 0) is 4.79 Å². The van der Waals surface area contributed by atoms with Gasteiger partial charge in [-0.1, -0.05) is 51.1 Å². The van der Waals surface area contributed by atoms with Gasteiger partial charge in [-0.2, -0.15) is 0 Å². The number of rotatable bonds is 6. The molecule has 5 nitrogen and oxygen atoms in total. The summed E-state index contributed by atoms with van der Waals surface area (Å²) in [5.74, 6) is 0.111. The van der Waals surface area contributed by atoms with E-state index in [1.165, 1.54) is 21.8 Å². The van der Waals surface area contributed by atoms with E-state index in [1.807, 2.05) is 20.8 Å². The number of carbonyl (C=O) groups is 1. The van der Waals surface area contributed by atoms with Crippen LogP contribution in [0.15, 0.2) is 54.6 Å². The molecule has 0 saturated carbocycles. The molecule has 0 aromatic heterocycles. The molecule has 162 valence electrons. The molecule has 3 rings (SSSR count). The lowest BCUT2D eigenvalue weighted by atomic mass is 9.95. The fourth-order valence-electron chi connectivity index (χ4n) is 4.00. The number of carbonyl (C=O) groups excluding carboxylic acids is 1. The third-order valence-corrected chi connectivity index (χ3v) is 5.98. The van der Waals surface area contributed by atoms with Crippen molar-refractivity contribution in [2.75, 3.05) is 56.6 Å². The van der Waals surface area contributed by atoms with Crippen molar-refractivity contribution in [2.24, 2.45) is 5.41 Å². The van der Waals surface area contributed by atoms with Gasteiger partial charge < -0.3 is 20.0 Å². The summed E-state index contributed by atoms with van der Waals surface area (Å²) >= 11 is 0. The summed E-state index contributed by atoms with van der Waals surface area (Å²) in [6, 6.07) is 19.7. The lowest BCUT2D eigenvalue weighted by Gasteiger charge is -2.38. The second kappa shape index (κ2) is 9.52. The minimum absolute atomic E-state index is 0.111. The number of amides is 1. The largest absolute Gasteiger partial charge is 0.378 e. The summed E-state index contributed by atoms with van der Waals surface area (Å²) in [5, 5.41) is 3.21. The molecule has 1 heterocycles. The average Bonchev–Trinajstić information content (AvgIpc) is 2.74. The number of piperazine rings is 1. The Bertz CT molecular complexity index is 803. The Morgan fingerprint density at radius 2 is 1.63 bits per heavy atom. The van der Waals surface area contributed by atoms with E-state index in [-0.39, 0.29) is 17.4 Å². The van der Waals surface area contributed by atoms with Crippen molar-refractivity contribution in [1.29, 1.82) is 0 Å². The highest BCUT2D eigenvalue weighted by atomic mass is 16.2. The summed E-state index contributed by atoms with van der Waals surface area (Å²) in [6.07, 6.45) is 0. The number of nitrogens with one attached hydrogen (secondary N) is 2. The molecule has 1 saturated heterocycles. The number of nitrogens with zero attached hydrogens (tertiary/aromatic N) is 2. The maximum atomic E-state index is 12.5. The van der Waals surface area contributed by atoms with Gasteiger partial charge in [0.1, 0.15) is 6.04 Å². The molecule has 0 bridgehead atoms. The van der Waals surface area contributed by atoms with E-state index in [9.17, 15) is 4.79 Å². The first-order valence-corrected chi connectivity index (χ1v) is 11.0. The van der Waals surface area contributed by atoms with Crippen molar-refractivity contribution < 1.29 is 9.69 Å². The zero-order valence-electron chi connectivity index (χ0n) is 19.1. The van der Waals surface area contributed by atoms with Crippen LogP contribution in [0, 0.1) is 5.41 Å². The molecule has 0 radical (unpaired) electrons. The number of hydrogen-bond donors (Lipinski definition) is 2. The second-order valence-corrected chi connectivity index (χ2v) is 9.48. The van der Waals surface area contributed by atoms with E-state index in [0.29, 0.717) is 6.54 Å². The van der Waals surface area contributed by atoms with E-state index in [0.717, 1.165) is 26.2 Å². The van der Waals surface area contributed by atoms with Gasteiger partial charge in [0.25, 0.3) is 0 Å². The van der Waals surface area contributed by atoms with Crippen molar-refractivity contribution in [1.82, 2.24) is 5.32 Å². The van der Waals surface area contributed by atoms with Gasteiger partial charge >= 0.3 is 0 Å². The van der Waals surface area contributed by atoms with Crippen molar-refractivity contribution in [3.05, 3.63) is 60.2 Å². The first-order chi connectivity index (χ1) is 14.3. The minimum atomic E-state index is -0.374. The molecule has 2 aromatic carbocycles. The van der Waals surface area contributed by atoms with E-state index in [2.05, 4.69) is 83.8 Å². The van der Waals surface area contributed by atoms with Crippen LogP contribution >= 0.6 is 0 Å². The Morgan fingerprint density at radius 3 is 2.17 bits per heavy atom. The first kappa shape index (κ1) is 22.2. The van der Waals surface area contributed by atoms with Gasteiger partial charge in [0.15, 0.2) is 0 Å². The number of hydrogen-bond acceptors (Lipinski definition) is 3. The first-order valence-electron chi connectivity index (χ1n) is 11.0. The van der Waals surface area contributed by atoms with Crippen molar-refractivity contribution in [2.45, 2.75) is 26.8 Å². The molecule has 2 N–H and O–H groups in total. The lowest BCUT2D eigenvalue weighted by Crippen LogP contribution is -3.15. The SMILES string of the molecule is CN(C)c1ccc([C@@H](CNC(=O)C(C)(C)C)[NH+]2CCN(c3ccccc3)CC2)cc1. The van der Waals surface area contributed by atoms with Gasteiger partial charge in [0, 0.05) is 36.4 Å². The smallest absolute Gasteiger partial charge is 0.225 e. The third-order valence-electron chi connectivity index (χ3n) is 5.98. The highest BCUT2D eigenvalue weighted by molar-refractivity contribution is 5.81. The topological polar surface area (TPSA) is 40.0 Å². The molecule has 1 fully saturated rings. The molecule has 30 heavy (non-hydrogen) atoms. The molecule has 0 unspecified atom stereocenters. The number of quaternary nitrogens is 1. The van der Waals surface area contributed by atoms with Crippen LogP contribution in [0.2, 0.25) is 0 Å². The van der Waals surface area contributed by atoms with Gasteiger partial charge in [-0.05, 0) is 24.3 Å². The Hall–Kier alpha value is -2.53. The second-order valence-electron chi connectivity index (χ2n) is 9.48. The number of anilines is 2. The summed E-state index contributed by atoms with van der Waals surface area (Å²) in [7, 11) is 4.12. The Balaban J connectivity index is 1.73. The minimum Gasteiger partial charge on any atom is -0.378 e. The van der Waals surface area contributed by atoms with Gasteiger partial charge in [0.05, 0.1) is 32.7 Å². The normalized spacial score (nSPS) is 16.2. The maximum Gasteiger partial charge on any atom is 0.225 e. The summed E-state index contributed by atoms with van der Waals surface area (Å²) in [6.45, 7) is 10.7. The van der Waals surface area contributed by atoms with Crippen LogP contribution in [0.1, 0.15) is 32.4 Å². The van der Waals surface area contributed by atoms with E-state index in [4.69, 9.17) is 0 Å². The predicted molar refractivity (Wildman–Crippen MR) is 125 cm³/mol. The van der Waals surface area contributed by atoms with Gasteiger partial charge in [-0.25, -0.2) is 0 Å². The Morgan fingerprint density at radius 1 is 1.03 bits per heavy atom. The van der Waals surface area contributed by atoms with E-state index in [1.54, 1.807) is 0 Å². The van der Waals surface area contributed by atoms with Crippen LogP contribution < -0.4 is 20.0 Å². The van der Waals surface area contributed by atoms with E-state index >= 15 is 0 Å². The summed E-state index contributed by atoms with van der Waals surface area (Å²) < 4.78 is 0. The molecule has 1 amide bonds. The van der Waals surface area contributed by atoms with Gasteiger partial charge in [-0.15, -0.1) is 0 Å². The van der Waals surface area contributed by atoms with Crippen LogP contribution in [0.4, 0.5) is 11.4 Å². The van der Waals surface area contributed by atoms with Crippen LogP contribution in [0.5, 0.6) is 0 Å². The van der Waals surface area contributed by atoms with Gasteiger partial charge in [-0.3, -0.25) is 4.79 Å². The predicted octanol–water partition coefficient (Wildman–Crippen LogP) is 2.36. The maximum absolute atomic E-state index is 12.5. The molecule has 5 heteroatoms. The molecular weight excluding hydrogens is 372 g/mol. The zero-order chi connectivity index (χ0) is 21.7. The van der Waals surface area contributed by atoms with Crippen LogP contribution in [0.25, 0.3) is 0 Å². The molecule has 0 aliphatic carbocycles. The summed E-state index contributed by atoms with van der Waals surface area (Å²) in [4.78, 5) is 18.6. The zero-order valence-corrected chi connectivity index (χ0v) is 19.1. The fourth-order valence-corrected chi connectivity index (χ4v) is 4.00. The molecule has 1 aliphatic heterocycles. The van der Waals surface area contributed by atoms with Crippen molar-refractivity contribution in [3.8, 4) is 0 Å². The third kappa shape index (κ3) is 5.54. The Labute approximate surface area is 181 Å². The molecule has 1 aliphatic rings. The highest BCUT2D eigenvalue weighted by Crippen LogP contribution is 2.19. The Kier molecular flexibility index (Phi) is 7.03. The molecular formula is C25H37N4O+. The highest BCUT2D eigenvalue weighted by Gasteiger charge is 2.30. The quantitative estimate of drug-likeness (QED) is 0.770. The lowest BCUT2D eigenvalue weighted by molar-refractivity contribution is -0.931. The molecule has 2 aromatic rings. The molecule has 0 spiro atoms. The number of benzene rings is 2. The van der Waals surface area contributed by atoms with Gasteiger partial charge in [0.2, 0.25) is 5.91 Å². The van der Waals surface area contributed by atoms with Crippen LogP contribution in [-0.4, -0.2) is 52.7 Å². The average molecular weight is 410 g/mol.